The third kappa shape index (κ3) is 6.15. The van der Waals surface area contributed by atoms with Gasteiger partial charge in [-0.15, -0.1) is 19.7 Å². The molecule has 0 aromatic rings. The molecule has 2 heteroatoms. The Morgan fingerprint density at radius 1 is 1.15 bits per heavy atom. The van der Waals surface area contributed by atoms with Gasteiger partial charge in [0.1, 0.15) is 0 Å². The number of hydrogen-bond acceptors (Lipinski definition) is 1. The molecule has 0 heterocycles. The van der Waals surface area contributed by atoms with Gasteiger partial charge in [-0.05, 0) is 25.3 Å². The molecule has 1 nitrogen and oxygen atoms in total. The molecule has 0 amide bonds. The zero-order chi connectivity index (χ0) is 10.1. The van der Waals surface area contributed by atoms with Crippen LogP contribution in [0.2, 0.25) is 12.6 Å². The molecule has 0 unspecified atom stereocenters. The lowest BCUT2D eigenvalue weighted by Gasteiger charge is -2.04. The topological polar surface area (TPSA) is 12.4 Å². The predicted octanol–water partition coefficient (Wildman–Crippen LogP) is 3.39. The summed E-state index contributed by atoms with van der Waals surface area (Å²) < 4.78 is 0. The van der Waals surface area contributed by atoms with Crippen molar-refractivity contribution in [2.75, 3.05) is 0 Å². The number of rotatable bonds is 7. The summed E-state index contributed by atoms with van der Waals surface area (Å²) >= 11 is 0. The minimum atomic E-state index is 0.315. The molecule has 0 saturated heterocycles. The molecular weight excluding hydrogens is 157 g/mol. The summed E-state index contributed by atoms with van der Waals surface area (Å²) in [5.41, 5.74) is 1.13. The van der Waals surface area contributed by atoms with Crippen LogP contribution < -0.4 is 0 Å². The Kier molecular flexibility index (Phi) is 6.99. The van der Waals surface area contributed by atoms with E-state index in [0.29, 0.717) is 6.85 Å². The van der Waals surface area contributed by atoms with Crippen molar-refractivity contribution >= 4 is 12.6 Å². The standard InChI is InChI=1S/C11H18BN/c1-5-8-11(4)13-12(9-6-2)10-7-3/h5-7H,1-3,8-10H2,4H3/b13-11-. The van der Waals surface area contributed by atoms with Gasteiger partial charge in [0, 0.05) is 6.42 Å². The smallest absolute Gasteiger partial charge is 0.286 e. The fourth-order valence-corrected chi connectivity index (χ4v) is 1.16. The molecule has 0 fully saturated rings. The van der Waals surface area contributed by atoms with Crippen LogP contribution in [0.25, 0.3) is 0 Å². The SMILES string of the molecule is C=CCB(CC=C)/N=C(/C)CC=C. The van der Waals surface area contributed by atoms with Crippen molar-refractivity contribution in [3.63, 3.8) is 0 Å². The first-order valence-corrected chi connectivity index (χ1v) is 4.60. The van der Waals surface area contributed by atoms with Crippen molar-refractivity contribution in [1.82, 2.24) is 0 Å². The van der Waals surface area contributed by atoms with Gasteiger partial charge in [0.05, 0.1) is 0 Å². The molecule has 0 aliphatic rings. The van der Waals surface area contributed by atoms with Crippen molar-refractivity contribution in [2.24, 2.45) is 4.90 Å². The number of nitrogens with zero attached hydrogens (tertiary/aromatic N) is 1. The van der Waals surface area contributed by atoms with Crippen LogP contribution in [-0.4, -0.2) is 12.6 Å². The average Bonchev–Trinajstić information content (AvgIpc) is 2.05. The van der Waals surface area contributed by atoms with Gasteiger partial charge in [-0.3, -0.25) is 0 Å². The Balaban J connectivity index is 4.18. The van der Waals surface area contributed by atoms with Crippen LogP contribution in [0, 0.1) is 0 Å². The lowest BCUT2D eigenvalue weighted by atomic mass is 9.57. The van der Waals surface area contributed by atoms with Gasteiger partial charge >= 0.3 is 0 Å². The third-order valence-corrected chi connectivity index (χ3v) is 1.72. The summed E-state index contributed by atoms with van der Waals surface area (Å²) in [6.45, 7) is 13.4. The zero-order valence-corrected chi connectivity index (χ0v) is 8.50. The van der Waals surface area contributed by atoms with E-state index < -0.39 is 0 Å². The van der Waals surface area contributed by atoms with E-state index in [-0.39, 0.29) is 0 Å². The second kappa shape index (κ2) is 7.60. The molecule has 0 saturated carbocycles. The van der Waals surface area contributed by atoms with E-state index in [1.807, 2.05) is 25.2 Å². The fraction of sp³-hybridized carbons (Fsp3) is 0.364. The Bertz CT molecular complexity index is 196. The quantitative estimate of drug-likeness (QED) is 0.319. The van der Waals surface area contributed by atoms with Gasteiger partial charge in [-0.2, -0.15) is 0 Å². The van der Waals surface area contributed by atoms with Crippen LogP contribution in [-0.2, 0) is 0 Å². The fourth-order valence-electron chi connectivity index (χ4n) is 1.16. The molecule has 0 aromatic heterocycles. The second-order valence-corrected chi connectivity index (χ2v) is 3.06. The van der Waals surface area contributed by atoms with Crippen LogP contribution in [0.5, 0.6) is 0 Å². The van der Waals surface area contributed by atoms with E-state index >= 15 is 0 Å². The Morgan fingerprint density at radius 3 is 2.08 bits per heavy atom. The second-order valence-electron chi connectivity index (χ2n) is 3.06. The van der Waals surface area contributed by atoms with Crippen molar-refractivity contribution in [3.8, 4) is 0 Å². The number of hydrogen-bond donors (Lipinski definition) is 0. The monoisotopic (exact) mass is 175 g/mol. The average molecular weight is 175 g/mol. The first kappa shape index (κ1) is 12.0. The Labute approximate surface area is 82.1 Å². The summed E-state index contributed by atoms with van der Waals surface area (Å²) in [7, 11) is 0. The van der Waals surface area contributed by atoms with Crippen LogP contribution in [0.4, 0.5) is 0 Å². The highest BCUT2D eigenvalue weighted by molar-refractivity contribution is 6.59. The van der Waals surface area contributed by atoms with Gasteiger partial charge in [0.15, 0.2) is 0 Å². The summed E-state index contributed by atoms with van der Waals surface area (Å²) in [5, 5.41) is 0. The summed E-state index contributed by atoms with van der Waals surface area (Å²) in [5.74, 6) is 0. The first-order chi connectivity index (χ1) is 6.24. The maximum absolute atomic E-state index is 4.55. The molecule has 0 rings (SSSR count). The van der Waals surface area contributed by atoms with E-state index in [2.05, 4.69) is 24.6 Å². The highest BCUT2D eigenvalue weighted by Gasteiger charge is 2.08. The van der Waals surface area contributed by atoms with Crippen molar-refractivity contribution in [1.29, 1.82) is 0 Å². The maximum Gasteiger partial charge on any atom is 0.286 e. The Hall–Kier alpha value is -1.05. The van der Waals surface area contributed by atoms with Crippen LogP contribution in [0.15, 0.2) is 42.9 Å². The van der Waals surface area contributed by atoms with E-state index in [1.165, 1.54) is 0 Å². The third-order valence-electron chi connectivity index (χ3n) is 1.72. The maximum atomic E-state index is 4.55. The normalized spacial score (nSPS) is 10.7. The van der Waals surface area contributed by atoms with Crippen molar-refractivity contribution in [3.05, 3.63) is 38.0 Å². The summed E-state index contributed by atoms with van der Waals surface area (Å²) in [6.07, 6.45) is 8.38. The molecule has 0 N–H and O–H groups in total. The van der Waals surface area contributed by atoms with Gasteiger partial charge in [-0.1, -0.05) is 18.2 Å². The molecule has 0 radical (unpaired) electrons. The van der Waals surface area contributed by atoms with Gasteiger partial charge in [-0.25, -0.2) is 0 Å². The van der Waals surface area contributed by atoms with Crippen LogP contribution in [0.3, 0.4) is 0 Å². The minimum absolute atomic E-state index is 0.315. The van der Waals surface area contributed by atoms with E-state index in [1.54, 1.807) is 0 Å². The van der Waals surface area contributed by atoms with E-state index in [9.17, 15) is 0 Å². The van der Waals surface area contributed by atoms with Crippen molar-refractivity contribution in [2.45, 2.75) is 26.0 Å². The summed E-state index contributed by atoms with van der Waals surface area (Å²) in [4.78, 5) is 4.55. The molecule has 70 valence electrons. The summed E-state index contributed by atoms with van der Waals surface area (Å²) in [6, 6.07) is 0. The molecule has 0 aromatic carbocycles. The largest absolute Gasteiger partial charge is 0.349 e. The van der Waals surface area contributed by atoms with E-state index in [4.69, 9.17) is 0 Å². The lowest BCUT2D eigenvalue weighted by Crippen LogP contribution is -2.09. The molecule has 0 aliphatic heterocycles. The zero-order valence-electron chi connectivity index (χ0n) is 8.50. The molecular formula is C11H18BN. The minimum Gasteiger partial charge on any atom is -0.349 e. The highest BCUT2D eigenvalue weighted by Crippen LogP contribution is 2.04. The lowest BCUT2D eigenvalue weighted by molar-refractivity contribution is 1.39. The number of allylic oxidation sites excluding steroid dienone is 3. The molecule has 0 atom stereocenters. The van der Waals surface area contributed by atoms with E-state index in [0.717, 1.165) is 24.8 Å². The highest BCUT2D eigenvalue weighted by atomic mass is 14.6. The van der Waals surface area contributed by atoms with Gasteiger partial charge in [0.25, 0.3) is 6.85 Å². The van der Waals surface area contributed by atoms with Crippen LogP contribution >= 0.6 is 0 Å². The first-order valence-electron chi connectivity index (χ1n) is 4.60. The molecule has 0 spiro atoms. The van der Waals surface area contributed by atoms with Gasteiger partial charge < -0.3 is 4.90 Å². The molecule has 13 heavy (non-hydrogen) atoms. The van der Waals surface area contributed by atoms with Crippen LogP contribution in [0.1, 0.15) is 13.3 Å². The molecule has 0 bridgehead atoms. The Morgan fingerprint density at radius 2 is 1.69 bits per heavy atom. The molecule has 0 aliphatic carbocycles. The van der Waals surface area contributed by atoms with Crippen molar-refractivity contribution < 1.29 is 0 Å². The van der Waals surface area contributed by atoms with Gasteiger partial charge in [0.2, 0.25) is 0 Å². The predicted molar refractivity (Wildman–Crippen MR) is 63.7 cm³/mol.